The zero-order valence-electron chi connectivity index (χ0n) is 13.7. The number of amides is 1. The molecule has 6 heteroatoms. The SMILES string of the molecule is COc1cc(/C=N\NC(=O)c2ccccc2Cl)ccc1OC(C)C. The Labute approximate surface area is 146 Å². The summed E-state index contributed by atoms with van der Waals surface area (Å²) in [4.78, 5) is 12.0. The van der Waals surface area contributed by atoms with Crippen molar-refractivity contribution < 1.29 is 14.3 Å². The van der Waals surface area contributed by atoms with Crippen LogP contribution in [0, 0.1) is 0 Å². The predicted molar refractivity (Wildman–Crippen MR) is 95.3 cm³/mol. The van der Waals surface area contributed by atoms with Crippen molar-refractivity contribution in [2.45, 2.75) is 20.0 Å². The standard InChI is InChI=1S/C18H19ClN2O3/c1-12(2)24-16-9-8-13(10-17(16)23-3)11-20-21-18(22)14-6-4-5-7-15(14)19/h4-12H,1-3H3,(H,21,22)/b20-11-. The Balaban J connectivity index is 2.06. The maximum Gasteiger partial charge on any atom is 0.272 e. The summed E-state index contributed by atoms with van der Waals surface area (Å²) < 4.78 is 11.0. The molecular formula is C18H19ClN2O3. The van der Waals surface area contributed by atoms with E-state index in [9.17, 15) is 4.79 Å². The van der Waals surface area contributed by atoms with Crippen LogP contribution in [0.3, 0.4) is 0 Å². The van der Waals surface area contributed by atoms with Gasteiger partial charge in [0.25, 0.3) is 5.91 Å². The van der Waals surface area contributed by atoms with Crippen molar-refractivity contribution in [1.29, 1.82) is 0 Å². The van der Waals surface area contributed by atoms with E-state index in [1.807, 2.05) is 19.9 Å². The number of hydrogen-bond donors (Lipinski definition) is 1. The van der Waals surface area contributed by atoms with Crippen LogP contribution in [0.2, 0.25) is 5.02 Å². The number of ether oxygens (including phenoxy) is 2. The van der Waals surface area contributed by atoms with Gasteiger partial charge < -0.3 is 9.47 Å². The quantitative estimate of drug-likeness (QED) is 0.637. The third-order valence-corrected chi connectivity index (χ3v) is 3.38. The Morgan fingerprint density at radius 3 is 2.62 bits per heavy atom. The number of benzene rings is 2. The van der Waals surface area contributed by atoms with Gasteiger partial charge >= 0.3 is 0 Å². The number of hydrazone groups is 1. The maximum atomic E-state index is 12.0. The number of carbonyl (C=O) groups is 1. The Bertz CT molecular complexity index is 745. The van der Waals surface area contributed by atoms with E-state index in [0.29, 0.717) is 22.1 Å². The molecule has 0 bridgehead atoms. The van der Waals surface area contributed by atoms with E-state index in [4.69, 9.17) is 21.1 Å². The van der Waals surface area contributed by atoms with E-state index in [-0.39, 0.29) is 12.0 Å². The van der Waals surface area contributed by atoms with Gasteiger partial charge in [-0.2, -0.15) is 5.10 Å². The molecule has 0 saturated heterocycles. The van der Waals surface area contributed by atoms with E-state index < -0.39 is 0 Å². The van der Waals surface area contributed by atoms with Gasteiger partial charge in [0.2, 0.25) is 0 Å². The molecule has 0 aliphatic heterocycles. The van der Waals surface area contributed by atoms with Crippen molar-refractivity contribution >= 4 is 23.7 Å². The van der Waals surface area contributed by atoms with Crippen LogP contribution in [0.1, 0.15) is 29.8 Å². The van der Waals surface area contributed by atoms with Crippen molar-refractivity contribution in [3.8, 4) is 11.5 Å². The minimum absolute atomic E-state index is 0.0494. The molecule has 1 amide bonds. The molecular weight excluding hydrogens is 328 g/mol. The van der Waals surface area contributed by atoms with Crippen molar-refractivity contribution in [3.63, 3.8) is 0 Å². The van der Waals surface area contributed by atoms with E-state index in [2.05, 4.69) is 10.5 Å². The lowest BCUT2D eigenvalue weighted by Gasteiger charge is -2.13. The van der Waals surface area contributed by atoms with Crippen LogP contribution in [0.5, 0.6) is 11.5 Å². The average molecular weight is 347 g/mol. The predicted octanol–water partition coefficient (Wildman–Crippen LogP) is 3.90. The summed E-state index contributed by atoms with van der Waals surface area (Å²) in [5.41, 5.74) is 3.58. The number of halogens is 1. The molecule has 5 nitrogen and oxygen atoms in total. The Morgan fingerprint density at radius 2 is 1.96 bits per heavy atom. The monoisotopic (exact) mass is 346 g/mol. The highest BCUT2D eigenvalue weighted by Crippen LogP contribution is 2.28. The summed E-state index contributed by atoms with van der Waals surface area (Å²) in [6.07, 6.45) is 1.57. The number of carbonyl (C=O) groups excluding carboxylic acids is 1. The minimum atomic E-state index is -0.372. The van der Waals surface area contributed by atoms with Gasteiger partial charge in [-0.1, -0.05) is 23.7 Å². The summed E-state index contributed by atoms with van der Waals surface area (Å²) in [7, 11) is 1.57. The van der Waals surface area contributed by atoms with Crippen LogP contribution < -0.4 is 14.9 Å². The molecule has 0 heterocycles. The van der Waals surface area contributed by atoms with E-state index >= 15 is 0 Å². The van der Waals surface area contributed by atoms with Gasteiger partial charge in [-0.05, 0) is 49.7 Å². The first-order valence-corrected chi connectivity index (χ1v) is 7.81. The van der Waals surface area contributed by atoms with Crippen LogP contribution in [0.15, 0.2) is 47.6 Å². The molecule has 1 N–H and O–H groups in total. The molecule has 0 unspecified atom stereocenters. The zero-order chi connectivity index (χ0) is 17.5. The summed E-state index contributed by atoms with van der Waals surface area (Å²) in [6, 6.07) is 12.2. The van der Waals surface area contributed by atoms with Gasteiger partial charge in [0.15, 0.2) is 11.5 Å². The lowest BCUT2D eigenvalue weighted by molar-refractivity contribution is 0.0955. The van der Waals surface area contributed by atoms with Gasteiger partial charge in [-0.3, -0.25) is 4.79 Å². The Kier molecular flexibility index (Phi) is 6.21. The summed E-state index contributed by atoms with van der Waals surface area (Å²) >= 11 is 5.97. The van der Waals surface area contributed by atoms with Crippen LogP contribution in [-0.2, 0) is 0 Å². The third-order valence-electron chi connectivity index (χ3n) is 3.05. The molecule has 2 aromatic rings. The second-order valence-electron chi connectivity index (χ2n) is 5.26. The number of nitrogens with zero attached hydrogens (tertiary/aromatic N) is 1. The fraction of sp³-hybridized carbons (Fsp3) is 0.222. The summed E-state index contributed by atoms with van der Waals surface area (Å²) in [5, 5.41) is 4.32. The molecule has 0 fully saturated rings. The van der Waals surface area contributed by atoms with Crippen LogP contribution in [-0.4, -0.2) is 25.3 Å². The second kappa shape index (κ2) is 8.36. The highest BCUT2D eigenvalue weighted by atomic mass is 35.5. The molecule has 0 aromatic heterocycles. The van der Waals surface area contributed by atoms with Gasteiger partial charge in [-0.15, -0.1) is 0 Å². The molecule has 2 aromatic carbocycles. The molecule has 126 valence electrons. The Morgan fingerprint density at radius 1 is 1.21 bits per heavy atom. The number of rotatable bonds is 6. The third kappa shape index (κ3) is 4.73. The molecule has 0 saturated carbocycles. The number of nitrogens with one attached hydrogen (secondary N) is 1. The van der Waals surface area contributed by atoms with Gasteiger partial charge in [0, 0.05) is 0 Å². The molecule has 0 atom stereocenters. The smallest absolute Gasteiger partial charge is 0.272 e. The molecule has 0 aliphatic rings. The second-order valence-corrected chi connectivity index (χ2v) is 5.66. The molecule has 2 rings (SSSR count). The van der Waals surface area contributed by atoms with Crippen LogP contribution >= 0.6 is 11.6 Å². The van der Waals surface area contributed by atoms with Crippen LogP contribution in [0.4, 0.5) is 0 Å². The fourth-order valence-electron chi connectivity index (χ4n) is 1.99. The van der Waals surface area contributed by atoms with Crippen molar-refractivity contribution in [1.82, 2.24) is 5.43 Å². The Hall–Kier alpha value is -2.53. The molecule has 0 spiro atoms. The average Bonchev–Trinajstić information content (AvgIpc) is 2.56. The topological polar surface area (TPSA) is 59.9 Å². The summed E-state index contributed by atoms with van der Waals surface area (Å²) in [6.45, 7) is 3.89. The fourth-order valence-corrected chi connectivity index (χ4v) is 2.21. The van der Waals surface area contributed by atoms with E-state index in [0.717, 1.165) is 5.56 Å². The van der Waals surface area contributed by atoms with Crippen molar-refractivity contribution in [2.24, 2.45) is 5.10 Å². The molecule has 24 heavy (non-hydrogen) atoms. The van der Waals surface area contributed by atoms with Crippen molar-refractivity contribution in [3.05, 3.63) is 58.6 Å². The first-order chi connectivity index (χ1) is 11.5. The largest absolute Gasteiger partial charge is 0.493 e. The first-order valence-electron chi connectivity index (χ1n) is 7.44. The van der Waals surface area contributed by atoms with Crippen molar-refractivity contribution in [2.75, 3.05) is 7.11 Å². The molecule has 0 aliphatic carbocycles. The van der Waals surface area contributed by atoms with Gasteiger partial charge in [-0.25, -0.2) is 5.43 Å². The lowest BCUT2D eigenvalue weighted by atomic mass is 10.2. The summed E-state index contributed by atoms with van der Waals surface area (Å²) in [5.74, 6) is 0.887. The first kappa shape index (κ1) is 17.8. The van der Waals surface area contributed by atoms with Crippen LogP contribution in [0.25, 0.3) is 0 Å². The number of hydrogen-bond acceptors (Lipinski definition) is 4. The molecule has 0 radical (unpaired) electrons. The van der Waals surface area contributed by atoms with Gasteiger partial charge in [0.05, 0.1) is 30.0 Å². The van der Waals surface area contributed by atoms with E-state index in [1.54, 1.807) is 43.5 Å². The van der Waals surface area contributed by atoms with E-state index in [1.165, 1.54) is 6.21 Å². The maximum absolute atomic E-state index is 12.0. The van der Waals surface area contributed by atoms with Gasteiger partial charge in [0.1, 0.15) is 0 Å². The highest BCUT2D eigenvalue weighted by Gasteiger charge is 2.09. The normalized spacial score (nSPS) is 10.9. The lowest BCUT2D eigenvalue weighted by Crippen LogP contribution is -2.17. The highest BCUT2D eigenvalue weighted by molar-refractivity contribution is 6.33. The number of methoxy groups -OCH3 is 1. The zero-order valence-corrected chi connectivity index (χ0v) is 14.5. The minimum Gasteiger partial charge on any atom is -0.493 e.